The second-order valence-corrected chi connectivity index (χ2v) is 8.07. The Morgan fingerprint density at radius 2 is 2.08 bits per heavy atom. The highest BCUT2D eigenvalue weighted by molar-refractivity contribution is 5.80. The minimum atomic E-state index is 0.103. The fraction of sp³-hybridized carbons (Fsp3) is 0.682. The minimum Gasteiger partial charge on any atom is -0.381 e. The van der Waals surface area contributed by atoms with Gasteiger partial charge in [0.2, 0.25) is 0 Å². The molecule has 1 aromatic carbocycles. The third kappa shape index (κ3) is 4.40. The molecule has 2 aliphatic heterocycles. The number of aliphatic imine (C=N–C) groups is 1. The molecule has 0 amide bonds. The molecule has 1 atom stereocenters. The molecule has 0 bridgehead atoms. The number of aryl methyl sites for hydroxylation is 1. The molecule has 4 heteroatoms. The van der Waals surface area contributed by atoms with E-state index < -0.39 is 0 Å². The van der Waals surface area contributed by atoms with Gasteiger partial charge in [0.05, 0.1) is 6.54 Å². The largest absolute Gasteiger partial charge is 0.381 e. The van der Waals surface area contributed by atoms with Crippen LogP contribution in [0.5, 0.6) is 0 Å². The Balaban J connectivity index is 1.85. The second kappa shape index (κ2) is 8.90. The van der Waals surface area contributed by atoms with Crippen molar-refractivity contribution in [2.45, 2.75) is 51.9 Å². The highest BCUT2D eigenvalue weighted by Gasteiger charge is 2.35. The number of ether oxygens (including phenoxy) is 1. The van der Waals surface area contributed by atoms with Crippen LogP contribution >= 0.6 is 0 Å². The first kappa shape index (κ1) is 19.2. The Bertz CT molecular complexity index is 607. The van der Waals surface area contributed by atoms with Crippen LogP contribution in [-0.2, 0) is 10.2 Å². The van der Waals surface area contributed by atoms with Gasteiger partial charge in [0.25, 0.3) is 0 Å². The van der Waals surface area contributed by atoms with Crippen LogP contribution in [0, 0.1) is 12.8 Å². The van der Waals surface area contributed by atoms with Crippen LogP contribution in [0.25, 0.3) is 0 Å². The third-order valence-electron chi connectivity index (χ3n) is 5.99. The number of guanidine groups is 1. The van der Waals surface area contributed by atoms with E-state index in [2.05, 4.69) is 55.3 Å². The van der Waals surface area contributed by atoms with Gasteiger partial charge in [0.1, 0.15) is 0 Å². The van der Waals surface area contributed by atoms with Crippen LogP contribution in [0.4, 0.5) is 0 Å². The summed E-state index contributed by atoms with van der Waals surface area (Å²) in [4.78, 5) is 7.62. The molecule has 0 aromatic heterocycles. The molecule has 26 heavy (non-hydrogen) atoms. The van der Waals surface area contributed by atoms with Crippen molar-refractivity contribution in [3.05, 3.63) is 35.4 Å². The van der Waals surface area contributed by atoms with Crippen molar-refractivity contribution in [3.63, 3.8) is 0 Å². The maximum atomic E-state index is 5.70. The molecule has 1 N–H and O–H groups in total. The van der Waals surface area contributed by atoms with Gasteiger partial charge in [-0.3, -0.25) is 4.99 Å². The van der Waals surface area contributed by atoms with Crippen LogP contribution in [0.3, 0.4) is 0 Å². The Morgan fingerprint density at radius 1 is 1.31 bits per heavy atom. The molecule has 144 valence electrons. The molecule has 4 nitrogen and oxygen atoms in total. The second-order valence-electron chi connectivity index (χ2n) is 8.07. The van der Waals surface area contributed by atoms with Crippen LogP contribution in [0.2, 0.25) is 0 Å². The Morgan fingerprint density at radius 3 is 2.77 bits per heavy atom. The zero-order valence-electron chi connectivity index (χ0n) is 16.8. The Hall–Kier alpha value is -1.55. The summed E-state index contributed by atoms with van der Waals surface area (Å²) in [6.45, 7) is 12.4. The van der Waals surface area contributed by atoms with Gasteiger partial charge in [0.15, 0.2) is 5.96 Å². The predicted octanol–water partition coefficient (Wildman–Crippen LogP) is 3.74. The van der Waals surface area contributed by atoms with Gasteiger partial charge in [-0.25, -0.2) is 0 Å². The molecule has 0 radical (unpaired) electrons. The summed E-state index contributed by atoms with van der Waals surface area (Å²) < 4.78 is 5.70. The topological polar surface area (TPSA) is 36.9 Å². The summed E-state index contributed by atoms with van der Waals surface area (Å²) in [5, 5.41) is 3.54. The zero-order valence-corrected chi connectivity index (χ0v) is 16.8. The lowest BCUT2D eigenvalue weighted by molar-refractivity contribution is 0.0528. The molecule has 0 saturated carbocycles. The van der Waals surface area contributed by atoms with Crippen molar-refractivity contribution in [1.29, 1.82) is 0 Å². The lowest BCUT2D eigenvalue weighted by Crippen LogP contribution is -2.47. The quantitative estimate of drug-likeness (QED) is 0.659. The van der Waals surface area contributed by atoms with Gasteiger partial charge < -0.3 is 15.0 Å². The number of nitrogens with zero attached hydrogens (tertiary/aromatic N) is 2. The lowest BCUT2D eigenvalue weighted by Gasteiger charge is -2.39. The molecule has 2 saturated heterocycles. The van der Waals surface area contributed by atoms with E-state index in [4.69, 9.17) is 9.73 Å². The number of benzene rings is 1. The van der Waals surface area contributed by atoms with E-state index in [-0.39, 0.29) is 5.41 Å². The van der Waals surface area contributed by atoms with Crippen LogP contribution < -0.4 is 5.32 Å². The molecule has 0 spiro atoms. The average molecular weight is 358 g/mol. The minimum absolute atomic E-state index is 0.103. The number of hydrogen-bond donors (Lipinski definition) is 1. The summed E-state index contributed by atoms with van der Waals surface area (Å²) in [6.07, 6.45) is 4.71. The van der Waals surface area contributed by atoms with E-state index in [0.717, 1.165) is 64.1 Å². The Labute approximate surface area is 159 Å². The summed E-state index contributed by atoms with van der Waals surface area (Å²) >= 11 is 0. The van der Waals surface area contributed by atoms with Crippen molar-refractivity contribution < 1.29 is 4.74 Å². The van der Waals surface area contributed by atoms with Gasteiger partial charge in [0, 0.05) is 38.3 Å². The van der Waals surface area contributed by atoms with Crippen LogP contribution in [-0.4, -0.2) is 50.3 Å². The van der Waals surface area contributed by atoms with E-state index in [1.54, 1.807) is 0 Å². The number of hydrogen-bond acceptors (Lipinski definition) is 2. The van der Waals surface area contributed by atoms with E-state index in [0.29, 0.717) is 0 Å². The molecule has 2 heterocycles. The summed E-state index contributed by atoms with van der Waals surface area (Å²) in [5.74, 6) is 1.85. The number of nitrogens with one attached hydrogen (secondary N) is 1. The van der Waals surface area contributed by atoms with Gasteiger partial charge in [-0.15, -0.1) is 0 Å². The first-order valence-electron chi connectivity index (χ1n) is 10.3. The molecular formula is C22H35N3O. The van der Waals surface area contributed by atoms with Crippen LogP contribution in [0.15, 0.2) is 29.3 Å². The molecule has 3 rings (SSSR count). The average Bonchev–Trinajstić information content (AvgIpc) is 2.66. The van der Waals surface area contributed by atoms with Crippen molar-refractivity contribution in [1.82, 2.24) is 10.2 Å². The maximum absolute atomic E-state index is 5.70. The molecule has 2 aliphatic rings. The van der Waals surface area contributed by atoms with Gasteiger partial charge in [-0.1, -0.05) is 31.2 Å². The standard InChI is InChI=1S/C22H35N3O/c1-4-23-21(25-13-7-8-18(2)16-25)24-17-22(11-14-26-15-12-22)20-10-6-5-9-19(20)3/h5-6,9-10,18H,4,7-8,11-17H2,1-3H3,(H,23,24). The van der Waals surface area contributed by atoms with Gasteiger partial charge in [-0.2, -0.15) is 0 Å². The Kier molecular flexibility index (Phi) is 6.58. The predicted molar refractivity (Wildman–Crippen MR) is 109 cm³/mol. The van der Waals surface area contributed by atoms with Crippen molar-refractivity contribution >= 4 is 5.96 Å². The maximum Gasteiger partial charge on any atom is 0.193 e. The molecular weight excluding hydrogens is 322 g/mol. The SMILES string of the molecule is CCNC(=NCC1(c2ccccc2C)CCOCC1)N1CCCC(C)C1. The third-order valence-corrected chi connectivity index (χ3v) is 5.99. The fourth-order valence-electron chi connectivity index (χ4n) is 4.48. The first-order chi connectivity index (χ1) is 12.6. The normalized spacial score (nSPS) is 23.7. The lowest BCUT2D eigenvalue weighted by atomic mass is 9.72. The van der Waals surface area contributed by atoms with Crippen molar-refractivity contribution in [2.24, 2.45) is 10.9 Å². The smallest absolute Gasteiger partial charge is 0.193 e. The van der Waals surface area contributed by atoms with E-state index in [1.165, 1.54) is 24.0 Å². The number of likely N-dealkylation sites (tertiary alicyclic amines) is 1. The van der Waals surface area contributed by atoms with E-state index in [9.17, 15) is 0 Å². The number of piperidine rings is 1. The highest BCUT2D eigenvalue weighted by Crippen LogP contribution is 2.37. The summed E-state index contributed by atoms with van der Waals surface area (Å²) in [5.41, 5.74) is 2.93. The monoisotopic (exact) mass is 357 g/mol. The first-order valence-corrected chi connectivity index (χ1v) is 10.3. The van der Waals surface area contributed by atoms with Gasteiger partial charge in [-0.05, 0) is 56.6 Å². The molecule has 1 unspecified atom stereocenters. The van der Waals surface area contributed by atoms with E-state index in [1.807, 2.05) is 0 Å². The van der Waals surface area contributed by atoms with Crippen molar-refractivity contribution in [2.75, 3.05) is 39.4 Å². The van der Waals surface area contributed by atoms with Crippen LogP contribution in [0.1, 0.15) is 50.7 Å². The van der Waals surface area contributed by atoms with E-state index >= 15 is 0 Å². The van der Waals surface area contributed by atoms with Crippen molar-refractivity contribution in [3.8, 4) is 0 Å². The fourth-order valence-corrected chi connectivity index (χ4v) is 4.48. The van der Waals surface area contributed by atoms with Gasteiger partial charge >= 0.3 is 0 Å². The summed E-state index contributed by atoms with van der Waals surface area (Å²) in [7, 11) is 0. The molecule has 0 aliphatic carbocycles. The molecule has 1 aromatic rings. The summed E-state index contributed by atoms with van der Waals surface area (Å²) in [6, 6.07) is 8.83. The highest BCUT2D eigenvalue weighted by atomic mass is 16.5. The zero-order chi connectivity index (χ0) is 18.4. The number of rotatable bonds is 4. The molecule has 2 fully saturated rings.